The highest BCUT2D eigenvalue weighted by molar-refractivity contribution is 7.91. The first-order valence-electron chi connectivity index (χ1n) is 14.2. The van der Waals surface area contributed by atoms with Crippen LogP contribution in [0.4, 0.5) is 0 Å². The van der Waals surface area contributed by atoms with Crippen molar-refractivity contribution in [1.82, 2.24) is 0 Å². The molecule has 0 aliphatic heterocycles. The summed E-state index contributed by atoms with van der Waals surface area (Å²) in [6.45, 7) is 14.8. The van der Waals surface area contributed by atoms with E-state index in [0.29, 0.717) is 29.1 Å². The van der Waals surface area contributed by atoms with Crippen molar-refractivity contribution in [2.24, 2.45) is 29.1 Å². The van der Waals surface area contributed by atoms with E-state index in [-0.39, 0.29) is 22.1 Å². The highest BCUT2D eigenvalue weighted by atomic mass is 32.2. The Morgan fingerprint density at radius 3 is 2.31 bits per heavy atom. The standard InChI is InChI=1S/C30H52O4SSi/c1-28(2,31)19-11-14-24(22-35(32,33)25-15-9-8-10-16-25)27-18-17-26-23(13-12-20-30(26,27)5)21-29(3,4)36(6,7)34/h8-10,15-16,23-24,26-27,31,34H,11-14,17-22H2,1-7H3/t23-,24+,26?,27?,30+/m1/s1. The summed E-state index contributed by atoms with van der Waals surface area (Å²) >= 11 is 0. The van der Waals surface area contributed by atoms with E-state index in [9.17, 15) is 18.3 Å². The zero-order chi connectivity index (χ0) is 27.0. The Bertz CT molecular complexity index is 961. The number of fused-ring (bicyclic) bond motifs is 1. The second-order valence-corrected chi connectivity index (χ2v) is 20.7. The number of sulfone groups is 1. The molecular weight excluding hydrogens is 484 g/mol. The number of hydrogen-bond acceptors (Lipinski definition) is 4. The fraction of sp³-hybridized carbons (Fsp3) is 0.800. The molecule has 0 spiro atoms. The van der Waals surface area contributed by atoms with Gasteiger partial charge in [0.1, 0.15) is 0 Å². The van der Waals surface area contributed by atoms with E-state index in [0.717, 1.165) is 25.7 Å². The minimum atomic E-state index is -3.38. The smallest absolute Gasteiger partial charge is 0.188 e. The Labute approximate surface area is 222 Å². The molecule has 1 aromatic rings. The quantitative estimate of drug-likeness (QED) is 0.293. The van der Waals surface area contributed by atoms with Crippen LogP contribution in [0.25, 0.3) is 0 Å². The third-order valence-corrected chi connectivity index (χ3v) is 15.6. The molecule has 2 aliphatic rings. The maximum atomic E-state index is 13.5. The minimum absolute atomic E-state index is 0.0310. The fourth-order valence-corrected chi connectivity index (χ4v) is 10.0. The van der Waals surface area contributed by atoms with E-state index in [1.54, 1.807) is 12.1 Å². The van der Waals surface area contributed by atoms with Crippen LogP contribution in [0.5, 0.6) is 0 Å². The highest BCUT2D eigenvalue weighted by Gasteiger charge is 2.55. The summed E-state index contributed by atoms with van der Waals surface area (Å²) in [5.74, 6) is 1.88. The first-order valence-corrected chi connectivity index (χ1v) is 18.8. The van der Waals surface area contributed by atoms with Crippen molar-refractivity contribution in [3.63, 3.8) is 0 Å². The maximum absolute atomic E-state index is 13.5. The molecule has 0 radical (unpaired) electrons. The van der Waals surface area contributed by atoms with Crippen LogP contribution in [0.1, 0.15) is 92.4 Å². The number of aliphatic hydroxyl groups is 1. The molecule has 0 aromatic heterocycles. The summed E-state index contributed by atoms with van der Waals surface area (Å²) in [7, 11) is -5.66. The van der Waals surface area contributed by atoms with Crippen molar-refractivity contribution < 1.29 is 18.3 Å². The molecule has 2 saturated carbocycles. The fourth-order valence-electron chi connectivity index (χ4n) is 7.51. The van der Waals surface area contributed by atoms with E-state index in [4.69, 9.17) is 0 Å². The van der Waals surface area contributed by atoms with Crippen LogP contribution in [0, 0.1) is 29.1 Å². The molecule has 4 nitrogen and oxygen atoms in total. The van der Waals surface area contributed by atoms with E-state index in [1.165, 1.54) is 25.7 Å². The van der Waals surface area contributed by atoms with Crippen LogP contribution < -0.4 is 0 Å². The van der Waals surface area contributed by atoms with Gasteiger partial charge in [0.2, 0.25) is 0 Å². The van der Waals surface area contributed by atoms with E-state index in [1.807, 2.05) is 32.0 Å². The highest BCUT2D eigenvalue weighted by Crippen LogP contribution is 2.62. The Morgan fingerprint density at radius 1 is 1.08 bits per heavy atom. The summed E-state index contributed by atoms with van der Waals surface area (Å²) in [4.78, 5) is 11.4. The van der Waals surface area contributed by atoms with E-state index < -0.39 is 23.8 Å². The van der Waals surface area contributed by atoms with Gasteiger partial charge in [0, 0.05) is 0 Å². The number of hydrogen-bond donors (Lipinski definition) is 2. The zero-order valence-electron chi connectivity index (χ0n) is 23.9. The van der Waals surface area contributed by atoms with Gasteiger partial charge in [-0.25, -0.2) is 8.42 Å². The Kier molecular flexibility index (Phi) is 8.97. The molecule has 5 atom stereocenters. The molecule has 0 heterocycles. The Hall–Kier alpha value is -0.693. The van der Waals surface area contributed by atoms with Crippen molar-refractivity contribution in [3.8, 4) is 0 Å². The molecule has 0 bridgehead atoms. The normalized spacial score (nSPS) is 28.6. The monoisotopic (exact) mass is 536 g/mol. The van der Waals surface area contributed by atoms with Gasteiger partial charge >= 0.3 is 0 Å². The van der Waals surface area contributed by atoms with Crippen molar-refractivity contribution in [3.05, 3.63) is 30.3 Å². The van der Waals surface area contributed by atoms with Crippen LogP contribution in [0.3, 0.4) is 0 Å². The Morgan fingerprint density at radius 2 is 1.72 bits per heavy atom. The molecule has 2 fully saturated rings. The summed E-state index contributed by atoms with van der Waals surface area (Å²) in [6.07, 6.45) is 9.30. The maximum Gasteiger partial charge on any atom is 0.188 e. The molecule has 0 amide bonds. The van der Waals surface area contributed by atoms with Gasteiger partial charge < -0.3 is 9.90 Å². The van der Waals surface area contributed by atoms with Crippen molar-refractivity contribution in [1.29, 1.82) is 0 Å². The SMILES string of the molecule is CC(C)(O)CCC[C@@H](CS(=O)(=O)c1ccccc1)C1CCC2[C@@H](CC(C)(C)[Si](C)(C)O)CCC[C@@]21C. The number of benzene rings is 1. The summed E-state index contributed by atoms with van der Waals surface area (Å²) in [6, 6.07) is 8.93. The van der Waals surface area contributed by atoms with Gasteiger partial charge in [0.25, 0.3) is 0 Å². The van der Waals surface area contributed by atoms with Gasteiger partial charge in [-0.05, 0) is 112 Å². The molecule has 206 valence electrons. The van der Waals surface area contributed by atoms with Gasteiger partial charge in [-0.2, -0.15) is 0 Å². The van der Waals surface area contributed by atoms with Crippen LogP contribution in [-0.2, 0) is 9.84 Å². The molecule has 1 aromatic carbocycles. The Balaban J connectivity index is 1.86. The summed E-state index contributed by atoms with van der Waals surface area (Å²) in [5, 5.41) is 10.3. The predicted octanol–water partition coefficient (Wildman–Crippen LogP) is 7.22. The summed E-state index contributed by atoms with van der Waals surface area (Å²) < 4.78 is 27.0. The molecule has 2 N–H and O–H groups in total. The second-order valence-electron chi connectivity index (χ2n) is 14.2. The molecule has 36 heavy (non-hydrogen) atoms. The lowest BCUT2D eigenvalue weighted by Crippen LogP contribution is -2.45. The third-order valence-electron chi connectivity index (χ3n) is 10.2. The first kappa shape index (κ1) is 29.9. The lowest BCUT2D eigenvalue weighted by atomic mass is 9.58. The molecule has 2 aliphatic carbocycles. The third kappa shape index (κ3) is 6.84. The molecule has 6 heteroatoms. The van der Waals surface area contributed by atoms with Crippen molar-refractivity contribution in [2.45, 2.75) is 121 Å². The van der Waals surface area contributed by atoms with Gasteiger partial charge in [0.15, 0.2) is 18.2 Å². The second kappa shape index (κ2) is 10.8. The predicted molar refractivity (Wildman–Crippen MR) is 152 cm³/mol. The average molecular weight is 537 g/mol. The largest absolute Gasteiger partial charge is 0.432 e. The van der Waals surface area contributed by atoms with E-state index in [2.05, 4.69) is 33.9 Å². The van der Waals surface area contributed by atoms with Crippen LogP contribution >= 0.6 is 0 Å². The lowest BCUT2D eigenvalue weighted by Gasteiger charge is -2.50. The van der Waals surface area contributed by atoms with Gasteiger partial charge in [-0.15, -0.1) is 0 Å². The van der Waals surface area contributed by atoms with Gasteiger partial charge in [-0.3, -0.25) is 0 Å². The lowest BCUT2D eigenvalue weighted by molar-refractivity contribution is 0.0194. The van der Waals surface area contributed by atoms with Crippen LogP contribution in [0.2, 0.25) is 18.1 Å². The molecule has 0 saturated heterocycles. The van der Waals surface area contributed by atoms with Gasteiger partial charge in [0.05, 0.1) is 16.2 Å². The molecule has 3 rings (SSSR count). The molecule has 2 unspecified atom stereocenters. The first-order chi connectivity index (χ1) is 16.5. The number of rotatable bonds is 11. The summed E-state index contributed by atoms with van der Waals surface area (Å²) in [5.41, 5.74) is -0.584. The molecular formula is C30H52O4SSi. The average Bonchev–Trinajstić information content (AvgIpc) is 3.09. The van der Waals surface area contributed by atoms with Crippen molar-refractivity contribution >= 4 is 18.2 Å². The minimum Gasteiger partial charge on any atom is -0.432 e. The van der Waals surface area contributed by atoms with Gasteiger partial charge in [-0.1, -0.05) is 58.2 Å². The van der Waals surface area contributed by atoms with Crippen LogP contribution in [0.15, 0.2) is 35.2 Å². The topological polar surface area (TPSA) is 74.6 Å². The zero-order valence-corrected chi connectivity index (χ0v) is 25.7. The van der Waals surface area contributed by atoms with E-state index >= 15 is 0 Å². The van der Waals surface area contributed by atoms with Crippen molar-refractivity contribution in [2.75, 3.05) is 5.75 Å². The van der Waals surface area contributed by atoms with Crippen LogP contribution in [-0.4, -0.2) is 38.0 Å².